The molecule has 0 radical (unpaired) electrons. The van der Waals surface area contributed by atoms with Gasteiger partial charge >= 0.3 is 11.6 Å². The Bertz CT molecular complexity index is 1100. The first kappa shape index (κ1) is 19.1. The Morgan fingerprint density at radius 3 is 2.52 bits per heavy atom. The van der Waals surface area contributed by atoms with Crippen LogP contribution in [0, 0.1) is 0 Å². The van der Waals surface area contributed by atoms with E-state index in [4.69, 9.17) is 18.6 Å². The fraction of sp³-hybridized carbons (Fsp3) is 0.304. The quantitative estimate of drug-likeness (QED) is 0.480. The van der Waals surface area contributed by atoms with Crippen LogP contribution in [0.3, 0.4) is 0 Å². The maximum absolute atomic E-state index is 12.8. The largest absolute Gasteiger partial charge is 0.491 e. The van der Waals surface area contributed by atoms with Gasteiger partial charge < -0.3 is 18.6 Å². The zero-order valence-corrected chi connectivity index (χ0v) is 16.5. The molecule has 0 unspecified atom stereocenters. The third-order valence-corrected chi connectivity index (χ3v) is 4.79. The highest BCUT2D eigenvalue weighted by Crippen LogP contribution is 2.44. The van der Waals surface area contributed by atoms with Crippen LogP contribution in [0.25, 0.3) is 11.0 Å². The molecular formula is C23H22O6. The van der Waals surface area contributed by atoms with Gasteiger partial charge in [0.15, 0.2) is 0 Å². The van der Waals surface area contributed by atoms with Crippen molar-refractivity contribution < 1.29 is 23.4 Å². The molecule has 150 valence electrons. The van der Waals surface area contributed by atoms with Crippen molar-refractivity contribution in [1.82, 2.24) is 0 Å². The van der Waals surface area contributed by atoms with E-state index >= 15 is 0 Å². The van der Waals surface area contributed by atoms with Crippen LogP contribution in [-0.4, -0.2) is 24.8 Å². The number of ether oxygens (including phenoxy) is 3. The molecule has 4 rings (SSSR count). The molecule has 6 heteroatoms. The average molecular weight is 394 g/mol. The van der Waals surface area contributed by atoms with Crippen molar-refractivity contribution in [3.8, 4) is 11.5 Å². The Balaban J connectivity index is 1.85. The van der Waals surface area contributed by atoms with Crippen molar-refractivity contribution in [1.29, 1.82) is 0 Å². The summed E-state index contributed by atoms with van der Waals surface area (Å²) >= 11 is 0. The van der Waals surface area contributed by atoms with E-state index in [-0.39, 0.29) is 12.7 Å². The zero-order chi connectivity index (χ0) is 20.5. The molecule has 6 nitrogen and oxygen atoms in total. The van der Waals surface area contributed by atoms with Crippen molar-refractivity contribution in [3.63, 3.8) is 0 Å². The molecule has 1 aliphatic heterocycles. The lowest BCUT2D eigenvalue weighted by Crippen LogP contribution is -2.32. The minimum atomic E-state index is -0.962. The summed E-state index contributed by atoms with van der Waals surface area (Å²) in [5.74, 6) is -0.0544. The first-order valence-corrected chi connectivity index (χ1v) is 9.65. The summed E-state index contributed by atoms with van der Waals surface area (Å²) < 4.78 is 22.4. The van der Waals surface area contributed by atoms with Crippen molar-refractivity contribution in [2.45, 2.75) is 38.9 Å². The van der Waals surface area contributed by atoms with E-state index in [0.717, 1.165) is 5.56 Å². The summed E-state index contributed by atoms with van der Waals surface area (Å²) in [6.07, 6.45) is -0.919. The molecule has 3 aromatic rings. The van der Waals surface area contributed by atoms with Crippen LogP contribution >= 0.6 is 0 Å². The molecule has 1 aliphatic rings. The molecule has 0 N–H and O–H groups in total. The van der Waals surface area contributed by atoms with Gasteiger partial charge in [-0.05, 0) is 50.6 Å². The van der Waals surface area contributed by atoms with Crippen LogP contribution in [0.4, 0.5) is 0 Å². The molecule has 29 heavy (non-hydrogen) atoms. The third-order valence-electron chi connectivity index (χ3n) is 4.79. The maximum atomic E-state index is 12.8. The number of carbonyl (C=O) groups is 1. The smallest absolute Gasteiger partial charge is 0.348 e. The van der Waals surface area contributed by atoms with Gasteiger partial charge in [0.2, 0.25) is 6.10 Å². The highest BCUT2D eigenvalue weighted by molar-refractivity contribution is 5.88. The second-order valence-electron chi connectivity index (χ2n) is 7.13. The van der Waals surface area contributed by atoms with Crippen LogP contribution in [0.15, 0.2) is 57.7 Å². The topological polar surface area (TPSA) is 75.0 Å². The third kappa shape index (κ3) is 3.46. The molecule has 0 spiro atoms. The van der Waals surface area contributed by atoms with E-state index in [1.165, 1.54) is 0 Å². The summed E-state index contributed by atoms with van der Waals surface area (Å²) in [5, 5.41) is 0.652. The Morgan fingerprint density at radius 2 is 1.83 bits per heavy atom. The molecule has 0 aliphatic carbocycles. The first-order chi connectivity index (χ1) is 14.0. The van der Waals surface area contributed by atoms with Gasteiger partial charge in [-0.2, -0.15) is 0 Å². The van der Waals surface area contributed by atoms with Crippen LogP contribution in [-0.2, 0) is 9.53 Å². The fourth-order valence-corrected chi connectivity index (χ4v) is 3.65. The van der Waals surface area contributed by atoms with Gasteiger partial charge in [0.25, 0.3) is 0 Å². The molecule has 0 fully saturated rings. The Kier molecular flexibility index (Phi) is 5.01. The molecule has 0 amide bonds. The maximum Gasteiger partial charge on any atom is 0.348 e. The second-order valence-corrected chi connectivity index (χ2v) is 7.13. The normalized spacial score (nSPS) is 17.8. The van der Waals surface area contributed by atoms with Gasteiger partial charge in [-0.1, -0.05) is 24.3 Å². The fourth-order valence-electron chi connectivity index (χ4n) is 3.65. The molecule has 2 atom stereocenters. The predicted octanol–water partition coefficient (Wildman–Crippen LogP) is 4.04. The highest BCUT2D eigenvalue weighted by atomic mass is 16.6. The molecular weight excluding hydrogens is 372 g/mol. The lowest BCUT2D eigenvalue weighted by Gasteiger charge is -2.18. The lowest BCUT2D eigenvalue weighted by atomic mass is 9.88. The Hall–Kier alpha value is -3.28. The van der Waals surface area contributed by atoms with Crippen molar-refractivity contribution in [2.75, 3.05) is 6.61 Å². The summed E-state index contributed by atoms with van der Waals surface area (Å²) in [6, 6.07) is 14.4. The zero-order valence-electron chi connectivity index (χ0n) is 16.5. The molecule has 0 saturated carbocycles. The predicted molar refractivity (Wildman–Crippen MR) is 108 cm³/mol. The number of esters is 1. The van der Waals surface area contributed by atoms with E-state index in [0.29, 0.717) is 28.0 Å². The van der Waals surface area contributed by atoms with Gasteiger partial charge in [0, 0.05) is 0 Å². The number of hydrogen-bond donors (Lipinski definition) is 0. The van der Waals surface area contributed by atoms with Crippen molar-refractivity contribution in [3.05, 3.63) is 70.1 Å². The number of benzene rings is 2. The lowest BCUT2D eigenvalue weighted by molar-refractivity contribution is -0.151. The summed E-state index contributed by atoms with van der Waals surface area (Å²) in [6.45, 7) is 5.85. The van der Waals surface area contributed by atoms with E-state index in [1.54, 1.807) is 25.1 Å². The average Bonchev–Trinajstić information content (AvgIpc) is 3.10. The van der Waals surface area contributed by atoms with Crippen LogP contribution in [0.1, 0.15) is 37.8 Å². The van der Waals surface area contributed by atoms with Crippen molar-refractivity contribution >= 4 is 16.9 Å². The minimum Gasteiger partial charge on any atom is -0.491 e. The monoisotopic (exact) mass is 394 g/mol. The SMILES string of the molecule is CCOC(=O)[C@@H]1Oc2c(c(=O)oc3ccccc23)[C@H]1c1ccc(OC(C)C)cc1. The summed E-state index contributed by atoms with van der Waals surface area (Å²) in [5.41, 5.74) is 0.984. The van der Waals surface area contributed by atoms with Crippen molar-refractivity contribution in [2.24, 2.45) is 0 Å². The number of hydrogen-bond acceptors (Lipinski definition) is 6. The van der Waals surface area contributed by atoms with E-state index in [2.05, 4.69) is 0 Å². The van der Waals surface area contributed by atoms with Crippen LogP contribution in [0.2, 0.25) is 0 Å². The van der Waals surface area contributed by atoms with Gasteiger partial charge in [-0.25, -0.2) is 9.59 Å². The summed E-state index contributed by atoms with van der Waals surface area (Å²) in [4.78, 5) is 25.5. The Labute approximate surface area is 168 Å². The van der Waals surface area contributed by atoms with E-state index in [1.807, 2.05) is 44.2 Å². The van der Waals surface area contributed by atoms with Crippen LogP contribution in [0.5, 0.6) is 11.5 Å². The standard InChI is InChI=1S/C23H22O6/c1-4-26-23(25)21-18(14-9-11-15(12-10-14)27-13(2)3)19-20(29-21)16-7-5-6-8-17(16)28-22(19)24/h5-13,18,21H,4H2,1-3H3/t18-,21-/m1/s1. The van der Waals surface area contributed by atoms with Gasteiger partial charge in [-0.3, -0.25) is 0 Å². The minimum absolute atomic E-state index is 0.0436. The molecule has 2 aromatic carbocycles. The van der Waals surface area contributed by atoms with Crippen LogP contribution < -0.4 is 15.1 Å². The first-order valence-electron chi connectivity index (χ1n) is 9.65. The number of carbonyl (C=O) groups excluding carboxylic acids is 1. The van der Waals surface area contributed by atoms with E-state index in [9.17, 15) is 9.59 Å². The van der Waals surface area contributed by atoms with Gasteiger partial charge in [-0.15, -0.1) is 0 Å². The Morgan fingerprint density at radius 1 is 1.10 bits per heavy atom. The molecule has 2 heterocycles. The number of para-hydroxylation sites is 1. The highest BCUT2D eigenvalue weighted by Gasteiger charge is 2.45. The second kappa shape index (κ2) is 7.62. The molecule has 0 bridgehead atoms. The van der Waals surface area contributed by atoms with E-state index < -0.39 is 23.6 Å². The number of rotatable bonds is 5. The summed E-state index contributed by atoms with van der Waals surface area (Å²) in [7, 11) is 0. The molecule has 1 aromatic heterocycles. The molecule has 0 saturated heterocycles. The van der Waals surface area contributed by atoms with Gasteiger partial charge in [0.1, 0.15) is 17.1 Å². The number of fused-ring (bicyclic) bond motifs is 3. The van der Waals surface area contributed by atoms with Gasteiger partial charge in [0.05, 0.1) is 29.6 Å².